The standard InChI is InChI=1S/C26H23F4NO3S/c27-24-8-2-7-22(17-9-10-17)23(24)16-34-20-12-11-18-4-3-13-31(25(18)15-20)35(32,33)21-6-1-5-19(14-21)26(28,29)30/h1-2,5-8,11-12,14-15,17H,3-4,9-10,13,16H2. The van der Waals surface area contributed by atoms with E-state index in [4.69, 9.17) is 4.74 Å². The molecule has 0 amide bonds. The second-order valence-corrected chi connectivity index (χ2v) is 10.7. The van der Waals surface area contributed by atoms with E-state index in [9.17, 15) is 26.0 Å². The van der Waals surface area contributed by atoms with E-state index >= 15 is 0 Å². The zero-order valence-corrected chi connectivity index (χ0v) is 19.5. The lowest BCUT2D eigenvalue weighted by Gasteiger charge is -2.31. The van der Waals surface area contributed by atoms with Crippen LogP contribution in [0, 0.1) is 5.82 Å². The maximum Gasteiger partial charge on any atom is 0.416 e. The van der Waals surface area contributed by atoms with E-state index in [1.165, 1.54) is 6.07 Å². The highest BCUT2D eigenvalue weighted by atomic mass is 32.2. The quantitative estimate of drug-likeness (QED) is 0.362. The van der Waals surface area contributed by atoms with E-state index in [1.807, 2.05) is 6.07 Å². The molecule has 1 aliphatic carbocycles. The van der Waals surface area contributed by atoms with E-state index in [0.717, 1.165) is 46.5 Å². The van der Waals surface area contributed by atoms with Crippen LogP contribution < -0.4 is 9.04 Å². The lowest BCUT2D eigenvalue weighted by Crippen LogP contribution is -2.35. The molecule has 9 heteroatoms. The van der Waals surface area contributed by atoms with Gasteiger partial charge < -0.3 is 4.74 Å². The van der Waals surface area contributed by atoms with Gasteiger partial charge in [0, 0.05) is 18.2 Å². The van der Waals surface area contributed by atoms with Crippen molar-refractivity contribution in [1.82, 2.24) is 0 Å². The average molecular weight is 506 g/mol. The summed E-state index contributed by atoms with van der Waals surface area (Å²) in [6.45, 7) is 0.131. The number of sulfonamides is 1. The van der Waals surface area contributed by atoms with Crippen LogP contribution in [-0.2, 0) is 29.2 Å². The van der Waals surface area contributed by atoms with Gasteiger partial charge in [-0.25, -0.2) is 12.8 Å². The van der Waals surface area contributed by atoms with Gasteiger partial charge in [0.05, 0.1) is 16.1 Å². The fourth-order valence-corrected chi connectivity index (χ4v) is 6.06. The number of fused-ring (bicyclic) bond motifs is 1. The Morgan fingerprint density at radius 3 is 2.51 bits per heavy atom. The molecule has 35 heavy (non-hydrogen) atoms. The van der Waals surface area contributed by atoms with Crippen LogP contribution in [-0.4, -0.2) is 15.0 Å². The summed E-state index contributed by atoms with van der Waals surface area (Å²) in [6, 6.07) is 13.7. The number of hydrogen-bond donors (Lipinski definition) is 0. The second-order valence-electron chi connectivity index (χ2n) is 8.87. The van der Waals surface area contributed by atoms with Crippen molar-refractivity contribution in [2.24, 2.45) is 0 Å². The highest BCUT2D eigenvalue weighted by molar-refractivity contribution is 7.92. The highest BCUT2D eigenvalue weighted by Gasteiger charge is 2.34. The number of nitrogens with zero attached hydrogens (tertiary/aromatic N) is 1. The van der Waals surface area contributed by atoms with Crippen LogP contribution in [0.1, 0.15) is 47.4 Å². The van der Waals surface area contributed by atoms with Crippen molar-refractivity contribution in [2.75, 3.05) is 10.8 Å². The minimum Gasteiger partial charge on any atom is -0.489 e. The first kappa shape index (κ1) is 23.7. The molecule has 1 heterocycles. The number of hydrogen-bond acceptors (Lipinski definition) is 3. The molecule has 2 aliphatic rings. The molecule has 0 spiro atoms. The van der Waals surface area contributed by atoms with Gasteiger partial charge in [0.15, 0.2) is 0 Å². The van der Waals surface area contributed by atoms with Gasteiger partial charge in [0.2, 0.25) is 0 Å². The molecule has 0 aromatic heterocycles. The third-order valence-electron chi connectivity index (χ3n) is 6.44. The summed E-state index contributed by atoms with van der Waals surface area (Å²) in [6.07, 6.45) is -1.47. The van der Waals surface area contributed by atoms with E-state index in [1.54, 1.807) is 24.3 Å². The second kappa shape index (κ2) is 8.86. The Bertz CT molecular complexity index is 1370. The fourth-order valence-electron chi connectivity index (χ4n) is 4.48. The molecule has 0 N–H and O–H groups in total. The van der Waals surface area contributed by atoms with Crippen LogP contribution in [0.2, 0.25) is 0 Å². The van der Waals surface area contributed by atoms with Crippen LogP contribution >= 0.6 is 0 Å². The predicted molar refractivity (Wildman–Crippen MR) is 123 cm³/mol. The largest absolute Gasteiger partial charge is 0.489 e. The molecule has 184 valence electrons. The molecule has 1 fully saturated rings. The number of halogens is 4. The molecule has 4 nitrogen and oxygen atoms in total. The summed E-state index contributed by atoms with van der Waals surface area (Å²) >= 11 is 0. The van der Waals surface area contributed by atoms with Crippen LogP contribution in [0.3, 0.4) is 0 Å². The minimum atomic E-state index is -4.65. The van der Waals surface area contributed by atoms with Gasteiger partial charge in [-0.1, -0.05) is 24.3 Å². The van der Waals surface area contributed by atoms with Crippen LogP contribution in [0.15, 0.2) is 65.6 Å². The molecule has 0 radical (unpaired) electrons. The SMILES string of the molecule is O=S(=O)(c1cccc(C(F)(F)F)c1)N1CCCc2ccc(OCc3c(F)cccc3C3CC3)cc21. The zero-order valence-electron chi connectivity index (χ0n) is 18.7. The van der Waals surface area contributed by atoms with Crippen molar-refractivity contribution in [2.45, 2.75) is 49.3 Å². The smallest absolute Gasteiger partial charge is 0.416 e. The lowest BCUT2D eigenvalue weighted by molar-refractivity contribution is -0.137. The summed E-state index contributed by atoms with van der Waals surface area (Å²) in [7, 11) is -4.24. The first-order valence-electron chi connectivity index (χ1n) is 11.4. The summed E-state index contributed by atoms with van der Waals surface area (Å²) in [5.41, 5.74) is 1.51. The van der Waals surface area contributed by atoms with Gasteiger partial charge >= 0.3 is 6.18 Å². The van der Waals surface area contributed by atoms with Crippen molar-refractivity contribution in [3.63, 3.8) is 0 Å². The normalized spacial score (nSPS) is 16.2. The molecular weight excluding hydrogens is 482 g/mol. The third kappa shape index (κ3) is 4.74. The molecule has 3 aromatic rings. The van der Waals surface area contributed by atoms with Gasteiger partial charge in [-0.05, 0) is 73.1 Å². The third-order valence-corrected chi connectivity index (χ3v) is 8.25. The maximum atomic E-state index is 14.5. The maximum absolute atomic E-state index is 14.5. The molecule has 0 atom stereocenters. The predicted octanol–water partition coefficient (Wildman–Crippen LogP) is 6.44. The Labute approximate surface area is 201 Å². The molecule has 5 rings (SSSR count). The zero-order chi connectivity index (χ0) is 24.8. The number of benzene rings is 3. The van der Waals surface area contributed by atoms with Crippen molar-refractivity contribution in [3.05, 3.63) is 88.7 Å². The number of anilines is 1. The first-order chi connectivity index (χ1) is 16.6. The summed E-state index contributed by atoms with van der Waals surface area (Å²) in [5, 5.41) is 0. The van der Waals surface area contributed by atoms with Crippen LogP contribution in [0.4, 0.5) is 23.2 Å². The van der Waals surface area contributed by atoms with Gasteiger partial charge in [-0.2, -0.15) is 13.2 Å². The molecule has 1 aliphatic heterocycles. The summed E-state index contributed by atoms with van der Waals surface area (Å²) in [4.78, 5) is -0.424. The Kier molecular flexibility index (Phi) is 5.99. The van der Waals surface area contributed by atoms with Crippen molar-refractivity contribution < 1.29 is 30.7 Å². The summed E-state index contributed by atoms with van der Waals surface area (Å²) < 4.78 is 87.7. The highest BCUT2D eigenvalue weighted by Crippen LogP contribution is 2.42. The average Bonchev–Trinajstić information content (AvgIpc) is 3.67. The van der Waals surface area contributed by atoms with Crippen molar-refractivity contribution >= 4 is 15.7 Å². The Morgan fingerprint density at radius 2 is 1.77 bits per heavy atom. The monoisotopic (exact) mass is 505 g/mol. The van der Waals surface area contributed by atoms with Crippen LogP contribution in [0.5, 0.6) is 5.75 Å². The minimum absolute atomic E-state index is 0.00231. The van der Waals surface area contributed by atoms with Crippen molar-refractivity contribution in [3.8, 4) is 5.75 Å². The van der Waals surface area contributed by atoms with E-state index < -0.39 is 26.7 Å². The molecule has 0 unspecified atom stereocenters. The Balaban J connectivity index is 1.44. The fraction of sp³-hybridized carbons (Fsp3) is 0.308. The van der Waals surface area contributed by atoms with Crippen molar-refractivity contribution in [1.29, 1.82) is 0 Å². The number of aryl methyl sites for hydroxylation is 1. The van der Waals surface area contributed by atoms with Gasteiger partial charge in [0.1, 0.15) is 18.2 Å². The van der Waals surface area contributed by atoms with E-state index in [2.05, 4.69) is 0 Å². The lowest BCUT2D eigenvalue weighted by atomic mass is 10.0. The molecule has 0 bridgehead atoms. The molecule has 3 aromatic carbocycles. The first-order valence-corrected chi connectivity index (χ1v) is 12.8. The number of alkyl halides is 3. The Morgan fingerprint density at radius 1 is 1.00 bits per heavy atom. The van der Waals surface area contributed by atoms with E-state index in [-0.39, 0.29) is 19.0 Å². The van der Waals surface area contributed by atoms with Gasteiger partial charge in [-0.15, -0.1) is 0 Å². The molecule has 0 saturated heterocycles. The number of rotatable bonds is 6. The topological polar surface area (TPSA) is 46.6 Å². The number of ether oxygens (including phenoxy) is 1. The summed E-state index contributed by atoms with van der Waals surface area (Å²) in [5.74, 6) is 0.349. The van der Waals surface area contributed by atoms with E-state index in [0.29, 0.717) is 41.8 Å². The Hall–Kier alpha value is -3.07. The van der Waals surface area contributed by atoms with Gasteiger partial charge in [-0.3, -0.25) is 4.31 Å². The molecular formula is C26H23F4NO3S. The van der Waals surface area contributed by atoms with Gasteiger partial charge in [0.25, 0.3) is 10.0 Å². The molecule has 1 saturated carbocycles. The van der Waals surface area contributed by atoms with Crippen LogP contribution in [0.25, 0.3) is 0 Å².